The molecule has 186 valence electrons. The number of thiocarbonyl (C=S) groups is 1. The van der Waals surface area contributed by atoms with Crippen LogP contribution in [0.4, 0.5) is 11.4 Å². The molecule has 0 bridgehead atoms. The molecule has 0 atom stereocenters. The van der Waals surface area contributed by atoms with Crippen LogP contribution in [0.1, 0.15) is 48.0 Å². The van der Waals surface area contributed by atoms with E-state index >= 15 is 0 Å². The van der Waals surface area contributed by atoms with Gasteiger partial charge in [0.25, 0.3) is 5.91 Å². The van der Waals surface area contributed by atoms with E-state index in [-0.39, 0.29) is 22.8 Å². The van der Waals surface area contributed by atoms with Gasteiger partial charge in [0.2, 0.25) is 5.91 Å². The maximum Gasteiger partial charge on any atom is 0.257 e. The Morgan fingerprint density at radius 3 is 2.25 bits per heavy atom. The van der Waals surface area contributed by atoms with Crippen molar-refractivity contribution in [3.05, 3.63) is 90.0 Å². The largest absolute Gasteiger partial charge is 0.493 e. The summed E-state index contributed by atoms with van der Waals surface area (Å²) in [5.41, 5.74) is 3.08. The topological polar surface area (TPSA) is 79.5 Å². The monoisotopic (exact) mass is 501 g/mol. The van der Waals surface area contributed by atoms with Crippen molar-refractivity contribution in [2.24, 2.45) is 5.92 Å². The summed E-state index contributed by atoms with van der Waals surface area (Å²) >= 11 is 5.32. The van der Waals surface area contributed by atoms with Crippen molar-refractivity contribution in [2.45, 2.75) is 38.5 Å². The van der Waals surface area contributed by atoms with Crippen molar-refractivity contribution >= 4 is 40.5 Å². The molecule has 0 heterocycles. The van der Waals surface area contributed by atoms with Gasteiger partial charge in [-0.2, -0.15) is 0 Å². The number of ether oxygens (including phenoxy) is 1. The van der Waals surface area contributed by atoms with Gasteiger partial charge < -0.3 is 15.4 Å². The van der Waals surface area contributed by atoms with E-state index < -0.39 is 0 Å². The first kappa shape index (κ1) is 25.4. The molecule has 36 heavy (non-hydrogen) atoms. The number of hydrogen-bond donors (Lipinski definition) is 3. The van der Waals surface area contributed by atoms with Crippen LogP contribution in [0.15, 0.2) is 78.9 Å². The molecule has 1 saturated carbocycles. The minimum Gasteiger partial charge on any atom is -0.493 e. The lowest BCUT2D eigenvalue weighted by Gasteiger charge is -2.21. The Kier molecular flexibility index (Phi) is 9.05. The van der Waals surface area contributed by atoms with Crippen LogP contribution in [0.2, 0.25) is 0 Å². The molecule has 0 radical (unpaired) electrons. The zero-order chi connectivity index (χ0) is 25.2. The fourth-order valence-electron chi connectivity index (χ4n) is 4.26. The Labute approximate surface area is 217 Å². The molecule has 7 heteroatoms. The van der Waals surface area contributed by atoms with Gasteiger partial charge in [-0.05, 0) is 73.1 Å². The van der Waals surface area contributed by atoms with E-state index in [1.165, 1.54) is 12.0 Å². The van der Waals surface area contributed by atoms with Crippen molar-refractivity contribution in [3.8, 4) is 5.75 Å². The van der Waals surface area contributed by atoms with Gasteiger partial charge in [-0.3, -0.25) is 14.9 Å². The second-order valence-corrected chi connectivity index (χ2v) is 9.33. The van der Waals surface area contributed by atoms with E-state index in [0.29, 0.717) is 29.3 Å². The molecule has 1 fully saturated rings. The van der Waals surface area contributed by atoms with E-state index in [9.17, 15) is 9.59 Å². The van der Waals surface area contributed by atoms with Gasteiger partial charge in [-0.25, -0.2) is 0 Å². The van der Waals surface area contributed by atoms with Crippen LogP contribution in [0, 0.1) is 5.92 Å². The smallest absolute Gasteiger partial charge is 0.257 e. The minimum atomic E-state index is -0.315. The predicted molar refractivity (Wildman–Crippen MR) is 147 cm³/mol. The number of carbonyl (C=O) groups excluding carboxylic acids is 2. The zero-order valence-electron chi connectivity index (χ0n) is 20.2. The van der Waals surface area contributed by atoms with Crippen molar-refractivity contribution < 1.29 is 14.3 Å². The van der Waals surface area contributed by atoms with E-state index in [4.69, 9.17) is 17.0 Å². The summed E-state index contributed by atoms with van der Waals surface area (Å²) in [7, 11) is 0. The molecule has 3 aromatic carbocycles. The van der Waals surface area contributed by atoms with Crippen LogP contribution in [-0.4, -0.2) is 23.5 Å². The minimum absolute atomic E-state index is 0.0650. The van der Waals surface area contributed by atoms with Crippen LogP contribution in [0.3, 0.4) is 0 Å². The van der Waals surface area contributed by atoms with Crippen molar-refractivity contribution in [2.75, 3.05) is 17.2 Å². The number of rotatable bonds is 8. The number of nitrogens with one attached hydrogen (secondary N) is 3. The molecule has 0 aliphatic heterocycles. The lowest BCUT2D eigenvalue weighted by Crippen LogP contribution is -2.34. The number of amides is 2. The first-order valence-corrected chi connectivity index (χ1v) is 12.8. The number of anilines is 2. The lowest BCUT2D eigenvalue weighted by atomic mass is 9.88. The molecule has 1 aliphatic carbocycles. The average molecular weight is 502 g/mol. The van der Waals surface area contributed by atoms with Crippen LogP contribution in [0.5, 0.6) is 5.75 Å². The third-order valence-corrected chi connectivity index (χ3v) is 6.41. The highest BCUT2D eigenvalue weighted by Crippen LogP contribution is 2.25. The summed E-state index contributed by atoms with van der Waals surface area (Å²) in [6, 6.07) is 24.4. The number of hydrogen-bond acceptors (Lipinski definition) is 4. The van der Waals surface area contributed by atoms with E-state index in [1.54, 1.807) is 30.3 Å². The summed E-state index contributed by atoms with van der Waals surface area (Å²) in [5, 5.41) is 8.89. The Morgan fingerprint density at radius 2 is 1.53 bits per heavy atom. The van der Waals surface area contributed by atoms with Crippen molar-refractivity contribution in [1.29, 1.82) is 0 Å². The van der Waals surface area contributed by atoms with Gasteiger partial charge in [0.15, 0.2) is 5.11 Å². The molecule has 6 nitrogen and oxygen atoms in total. The van der Waals surface area contributed by atoms with E-state index in [0.717, 1.165) is 32.1 Å². The van der Waals surface area contributed by atoms with E-state index in [2.05, 4.69) is 28.1 Å². The highest BCUT2D eigenvalue weighted by Gasteiger charge is 2.21. The fourth-order valence-corrected chi connectivity index (χ4v) is 4.47. The van der Waals surface area contributed by atoms with Gasteiger partial charge in [0, 0.05) is 29.3 Å². The first-order chi connectivity index (χ1) is 17.6. The van der Waals surface area contributed by atoms with Crippen LogP contribution < -0.4 is 20.7 Å². The van der Waals surface area contributed by atoms with Gasteiger partial charge in [0.1, 0.15) is 5.75 Å². The third kappa shape index (κ3) is 7.65. The van der Waals surface area contributed by atoms with Gasteiger partial charge in [0.05, 0.1) is 6.61 Å². The van der Waals surface area contributed by atoms with Crippen LogP contribution in [-0.2, 0) is 11.2 Å². The maximum absolute atomic E-state index is 12.6. The second-order valence-electron chi connectivity index (χ2n) is 8.92. The fraction of sp³-hybridized carbons (Fsp3) is 0.276. The highest BCUT2D eigenvalue weighted by atomic mass is 32.1. The number of carbonyl (C=O) groups is 2. The van der Waals surface area contributed by atoms with Gasteiger partial charge in [-0.15, -0.1) is 0 Å². The summed E-state index contributed by atoms with van der Waals surface area (Å²) in [6.45, 7) is 0.559. The molecule has 0 unspecified atom stereocenters. The molecule has 0 aromatic heterocycles. The molecule has 0 spiro atoms. The molecule has 3 N–H and O–H groups in total. The zero-order valence-corrected chi connectivity index (χ0v) is 21.0. The molecule has 2 amide bonds. The van der Waals surface area contributed by atoms with Crippen molar-refractivity contribution in [1.82, 2.24) is 5.32 Å². The lowest BCUT2D eigenvalue weighted by molar-refractivity contribution is -0.120. The van der Waals surface area contributed by atoms with Crippen molar-refractivity contribution in [3.63, 3.8) is 0 Å². The Hall–Kier alpha value is -3.71. The summed E-state index contributed by atoms with van der Waals surface area (Å²) in [4.78, 5) is 25.1. The molecule has 3 aromatic rings. The summed E-state index contributed by atoms with van der Waals surface area (Å²) in [5.74, 6) is 0.534. The molecule has 0 saturated heterocycles. The second kappa shape index (κ2) is 12.8. The first-order valence-electron chi connectivity index (χ1n) is 12.4. The molecule has 1 aliphatic rings. The Balaban J connectivity index is 1.24. The normalized spacial score (nSPS) is 13.4. The highest BCUT2D eigenvalue weighted by molar-refractivity contribution is 7.80. The van der Waals surface area contributed by atoms with Crippen LogP contribution >= 0.6 is 12.2 Å². The van der Waals surface area contributed by atoms with Gasteiger partial charge in [-0.1, -0.05) is 55.7 Å². The number of benzene rings is 3. The van der Waals surface area contributed by atoms with Crippen LogP contribution in [0.25, 0.3) is 0 Å². The maximum atomic E-state index is 12.6. The Morgan fingerprint density at radius 1 is 0.833 bits per heavy atom. The summed E-state index contributed by atoms with van der Waals surface area (Å²) in [6.07, 6.45) is 6.13. The quantitative estimate of drug-likeness (QED) is 0.332. The third-order valence-electron chi connectivity index (χ3n) is 6.21. The average Bonchev–Trinajstić information content (AvgIpc) is 2.90. The Bertz CT molecular complexity index is 1180. The van der Waals surface area contributed by atoms with Gasteiger partial charge >= 0.3 is 0 Å². The molecular formula is C29H31N3O3S. The molecule has 4 rings (SSSR count). The molecular weight excluding hydrogens is 470 g/mol. The standard InChI is InChI=1S/C29H31N3O3S/c33-27(22-10-5-2-6-11-22)30-24-12-7-13-25(20-24)31-29(36)32-28(34)23-14-16-26(17-15-23)35-19-18-21-8-3-1-4-9-21/h1,3-4,7-9,12-17,20,22H,2,5-6,10-11,18-19H2,(H,30,33)(H2,31,32,34,36). The van der Waals surface area contributed by atoms with E-state index in [1.807, 2.05) is 36.4 Å². The summed E-state index contributed by atoms with van der Waals surface area (Å²) < 4.78 is 5.78. The SMILES string of the molecule is O=C(NC(=S)Nc1cccc(NC(=O)C2CCCCC2)c1)c1ccc(OCCc2ccccc2)cc1. The predicted octanol–water partition coefficient (Wildman–Crippen LogP) is 5.95.